The molecule has 0 bridgehead atoms. The first-order valence-electron chi connectivity index (χ1n) is 5.41. The molecule has 6 nitrogen and oxygen atoms in total. The van der Waals surface area contributed by atoms with Crippen molar-refractivity contribution in [3.05, 3.63) is 0 Å². The lowest BCUT2D eigenvalue weighted by Gasteiger charge is -2.44. The molecule has 1 aliphatic carbocycles. The van der Waals surface area contributed by atoms with Gasteiger partial charge in [-0.05, 0) is 18.8 Å². The number of rotatable bonds is 5. The van der Waals surface area contributed by atoms with Gasteiger partial charge in [0.25, 0.3) is 0 Å². The van der Waals surface area contributed by atoms with Gasteiger partial charge in [-0.3, -0.25) is 4.79 Å². The zero-order valence-electron chi connectivity index (χ0n) is 9.49. The van der Waals surface area contributed by atoms with Crippen molar-refractivity contribution < 1.29 is 14.3 Å². The van der Waals surface area contributed by atoms with E-state index in [0.717, 1.165) is 12.8 Å². The Morgan fingerprint density at radius 3 is 2.56 bits per heavy atom. The Hall–Kier alpha value is -1.30. The molecule has 6 heteroatoms. The lowest BCUT2D eigenvalue weighted by Crippen LogP contribution is -2.53. The summed E-state index contributed by atoms with van der Waals surface area (Å²) in [6.07, 6.45) is 0.818. The number of hydrogen-bond acceptors (Lipinski definition) is 4. The summed E-state index contributed by atoms with van der Waals surface area (Å²) in [5.74, 6) is 0.498. The maximum Gasteiger partial charge on any atom is 0.404 e. The molecule has 0 radical (unpaired) electrons. The fourth-order valence-corrected chi connectivity index (χ4v) is 2.22. The summed E-state index contributed by atoms with van der Waals surface area (Å²) in [7, 11) is 0. The fraction of sp³-hybridized carbons (Fsp3) is 0.800. The Balaban J connectivity index is 2.26. The summed E-state index contributed by atoms with van der Waals surface area (Å²) in [4.78, 5) is 22.1. The minimum atomic E-state index is -0.833. The third-order valence-corrected chi connectivity index (χ3v) is 2.98. The van der Waals surface area contributed by atoms with E-state index in [1.165, 1.54) is 0 Å². The van der Waals surface area contributed by atoms with Crippen LogP contribution in [0.2, 0.25) is 0 Å². The lowest BCUT2D eigenvalue weighted by molar-refractivity contribution is -0.138. The summed E-state index contributed by atoms with van der Waals surface area (Å²) in [6, 6.07) is 0. The molecule has 1 fully saturated rings. The normalized spacial score (nSPS) is 28.0. The molecule has 92 valence electrons. The number of nitrogens with two attached hydrogens (primary N) is 2. The van der Waals surface area contributed by atoms with E-state index in [2.05, 4.69) is 17.0 Å². The van der Waals surface area contributed by atoms with Gasteiger partial charge in [0.2, 0.25) is 5.91 Å². The van der Waals surface area contributed by atoms with Crippen LogP contribution in [0.15, 0.2) is 0 Å². The van der Waals surface area contributed by atoms with Gasteiger partial charge in [0.05, 0.1) is 12.0 Å². The van der Waals surface area contributed by atoms with Crippen LogP contribution < -0.4 is 16.8 Å². The molecule has 2 amide bonds. The number of carbonyl (C=O) groups excluding carboxylic acids is 2. The van der Waals surface area contributed by atoms with Gasteiger partial charge in [-0.15, -0.1) is 0 Å². The van der Waals surface area contributed by atoms with Crippen molar-refractivity contribution in [3.63, 3.8) is 0 Å². The molecule has 0 aromatic carbocycles. The van der Waals surface area contributed by atoms with E-state index >= 15 is 0 Å². The molecule has 0 aromatic heterocycles. The second kappa shape index (κ2) is 5.16. The summed E-state index contributed by atoms with van der Waals surface area (Å²) in [5.41, 5.74) is 9.99. The molecule has 0 atom stereocenters. The van der Waals surface area contributed by atoms with Crippen molar-refractivity contribution in [2.75, 3.05) is 19.7 Å². The Bertz CT molecular complexity index is 274. The largest absolute Gasteiger partial charge is 0.448 e. The molecule has 0 heterocycles. The lowest BCUT2D eigenvalue weighted by atomic mass is 9.62. The van der Waals surface area contributed by atoms with Gasteiger partial charge in [0.15, 0.2) is 0 Å². The van der Waals surface area contributed by atoms with Gasteiger partial charge in [0, 0.05) is 6.54 Å². The highest BCUT2D eigenvalue weighted by Crippen LogP contribution is 2.44. The molecule has 0 spiro atoms. The van der Waals surface area contributed by atoms with E-state index in [4.69, 9.17) is 11.5 Å². The first-order chi connectivity index (χ1) is 7.50. The molecule has 1 aliphatic rings. The number of hydrogen-bond donors (Lipinski definition) is 3. The van der Waals surface area contributed by atoms with Gasteiger partial charge in [-0.2, -0.15) is 0 Å². The zero-order valence-corrected chi connectivity index (χ0v) is 9.49. The Labute approximate surface area is 94.7 Å². The first kappa shape index (κ1) is 12.8. The molecule has 16 heavy (non-hydrogen) atoms. The van der Waals surface area contributed by atoms with Crippen molar-refractivity contribution in [2.24, 2.45) is 22.8 Å². The highest BCUT2D eigenvalue weighted by atomic mass is 16.5. The Kier molecular flexibility index (Phi) is 4.12. The monoisotopic (exact) mass is 229 g/mol. The molecule has 1 rings (SSSR count). The topological polar surface area (TPSA) is 107 Å². The number of ether oxygens (including phenoxy) is 1. The average molecular weight is 229 g/mol. The van der Waals surface area contributed by atoms with Crippen LogP contribution in [0.3, 0.4) is 0 Å². The average Bonchev–Trinajstić information content (AvgIpc) is 2.18. The Morgan fingerprint density at radius 2 is 2.12 bits per heavy atom. The van der Waals surface area contributed by atoms with Crippen LogP contribution in [0.5, 0.6) is 0 Å². The van der Waals surface area contributed by atoms with E-state index in [1.54, 1.807) is 0 Å². The molecule has 0 saturated heterocycles. The van der Waals surface area contributed by atoms with Gasteiger partial charge < -0.3 is 21.5 Å². The summed E-state index contributed by atoms with van der Waals surface area (Å²) in [6.45, 7) is 2.83. The molecular weight excluding hydrogens is 210 g/mol. The van der Waals surface area contributed by atoms with Crippen LogP contribution in [0.1, 0.15) is 19.8 Å². The van der Waals surface area contributed by atoms with Crippen LogP contribution in [0.25, 0.3) is 0 Å². The van der Waals surface area contributed by atoms with E-state index in [-0.39, 0.29) is 19.1 Å². The highest BCUT2D eigenvalue weighted by molar-refractivity contribution is 5.83. The smallest absolute Gasteiger partial charge is 0.404 e. The molecule has 0 unspecified atom stereocenters. The molecular formula is C10H19N3O3. The summed E-state index contributed by atoms with van der Waals surface area (Å²) < 4.78 is 4.50. The van der Waals surface area contributed by atoms with E-state index in [0.29, 0.717) is 12.5 Å². The predicted octanol–water partition coefficient (Wildman–Crippen LogP) is -0.427. The minimum absolute atomic E-state index is 0.0545. The number of amides is 2. The molecule has 0 aliphatic heterocycles. The van der Waals surface area contributed by atoms with Crippen molar-refractivity contribution in [2.45, 2.75) is 19.8 Å². The third-order valence-electron chi connectivity index (χ3n) is 2.98. The quantitative estimate of drug-likeness (QED) is 0.556. The number of primary amides is 1. The maximum absolute atomic E-state index is 11.8. The van der Waals surface area contributed by atoms with Crippen molar-refractivity contribution >= 4 is 12.0 Å². The second-order valence-electron chi connectivity index (χ2n) is 4.42. The standard InChI is InChI=1S/C10H19N3O3/c1-7-4-10(5-7,6-11)8(14)13-2-3-16-9(12)15/h7H,2-6,11H2,1H3,(H2,12,15)(H,13,14). The Morgan fingerprint density at radius 1 is 1.50 bits per heavy atom. The van der Waals surface area contributed by atoms with Gasteiger partial charge >= 0.3 is 6.09 Å². The van der Waals surface area contributed by atoms with Crippen LogP contribution in [-0.4, -0.2) is 31.7 Å². The number of carbonyl (C=O) groups is 2. The maximum atomic E-state index is 11.8. The third kappa shape index (κ3) is 2.85. The van der Waals surface area contributed by atoms with Gasteiger partial charge in [-0.1, -0.05) is 6.92 Å². The van der Waals surface area contributed by atoms with Crippen molar-refractivity contribution in [1.82, 2.24) is 5.32 Å². The molecule has 5 N–H and O–H groups in total. The van der Waals surface area contributed by atoms with Crippen LogP contribution in [0, 0.1) is 11.3 Å². The predicted molar refractivity (Wildman–Crippen MR) is 58.4 cm³/mol. The number of nitrogens with one attached hydrogen (secondary N) is 1. The van der Waals surface area contributed by atoms with Crippen LogP contribution in [-0.2, 0) is 9.53 Å². The minimum Gasteiger partial charge on any atom is -0.448 e. The van der Waals surface area contributed by atoms with Crippen molar-refractivity contribution in [1.29, 1.82) is 0 Å². The summed E-state index contributed by atoms with van der Waals surface area (Å²) in [5, 5.41) is 2.70. The van der Waals surface area contributed by atoms with E-state index in [1.807, 2.05) is 0 Å². The summed E-state index contributed by atoms with van der Waals surface area (Å²) >= 11 is 0. The zero-order chi connectivity index (χ0) is 12.2. The first-order valence-corrected chi connectivity index (χ1v) is 5.41. The highest BCUT2D eigenvalue weighted by Gasteiger charge is 2.46. The van der Waals surface area contributed by atoms with Crippen LogP contribution >= 0.6 is 0 Å². The fourth-order valence-electron chi connectivity index (χ4n) is 2.22. The van der Waals surface area contributed by atoms with Gasteiger partial charge in [0.1, 0.15) is 6.61 Å². The molecule has 0 aromatic rings. The van der Waals surface area contributed by atoms with E-state index < -0.39 is 11.5 Å². The SMILES string of the molecule is CC1CC(CN)(C(=O)NCCOC(N)=O)C1. The second-order valence-corrected chi connectivity index (χ2v) is 4.42. The molecule has 1 saturated carbocycles. The van der Waals surface area contributed by atoms with E-state index in [9.17, 15) is 9.59 Å². The van der Waals surface area contributed by atoms with Gasteiger partial charge in [-0.25, -0.2) is 4.79 Å². The van der Waals surface area contributed by atoms with Crippen molar-refractivity contribution in [3.8, 4) is 0 Å². The van der Waals surface area contributed by atoms with Crippen LogP contribution in [0.4, 0.5) is 4.79 Å².